The van der Waals surface area contributed by atoms with Crippen LogP contribution >= 0.6 is 22.9 Å². The lowest BCUT2D eigenvalue weighted by molar-refractivity contribution is 0.357. The zero-order chi connectivity index (χ0) is 14.4. The molecule has 1 aromatic heterocycles. The summed E-state index contributed by atoms with van der Waals surface area (Å²) in [4.78, 5) is 1.04. The maximum Gasteiger partial charge on any atom is 0.124 e. The van der Waals surface area contributed by atoms with Gasteiger partial charge in [-0.1, -0.05) is 18.2 Å². The van der Waals surface area contributed by atoms with Gasteiger partial charge in [0.1, 0.15) is 11.6 Å². The highest BCUT2D eigenvalue weighted by Crippen LogP contribution is 2.39. The smallest absolute Gasteiger partial charge is 0.124 e. The largest absolute Gasteiger partial charge is 0.493 e. The number of rotatable bonds is 2. The summed E-state index contributed by atoms with van der Waals surface area (Å²) in [5.41, 5.74) is 2.28. The van der Waals surface area contributed by atoms with Crippen LogP contribution in [0.5, 0.6) is 5.75 Å². The van der Waals surface area contributed by atoms with Crippen LogP contribution in [0.4, 0.5) is 4.39 Å². The molecule has 0 aliphatic carbocycles. The molecule has 0 fully saturated rings. The third-order valence-corrected chi connectivity index (χ3v) is 5.54. The van der Waals surface area contributed by atoms with E-state index < -0.39 is 0 Å². The Labute approximate surface area is 130 Å². The zero-order valence-corrected chi connectivity index (χ0v) is 12.7. The lowest BCUT2D eigenvalue weighted by Crippen LogP contribution is -1.91. The Hall–Kier alpha value is -1.58. The van der Waals surface area contributed by atoms with Crippen molar-refractivity contribution in [1.82, 2.24) is 0 Å². The van der Waals surface area contributed by atoms with Gasteiger partial charge in [0.05, 0.1) is 12.0 Å². The quantitative estimate of drug-likeness (QED) is 0.582. The molecule has 0 amide bonds. The van der Waals surface area contributed by atoms with Crippen LogP contribution in [0.25, 0.3) is 10.1 Å². The summed E-state index contributed by atoms with van der Waals surface area (Å²) in [7, 11) is 0. The van der Waals surface area contributed by atoms with E-state index in [4.69, 9.17) is 16.3 Å². The summed E-state index contributed by atoms with van der Waals surface area (Å²) in [6.45, 7) is 0.744. The maximum atomic E-state index is 13.3. The van der Waals surface area contributed by atoms with Crippen molar-refractivity contribution < 1.29 is 9.13 Å². The molecule has 1 aliphatic heterocycles. The van der Waals surface area contributed by atoms with E-state index >= 15 is 0 Å². The van der Waals surface area contributed by atoms with Crippen molar-refractivity contribution in [3.05, 3.63) is 64.3 Å². The normalized spacial score (nSPS) is 15.0. The number of hydrogen-bond acceptors (Lipinski definition) is 2. The number of thiophene rings is 1. The standard InChI is InChI=1S/C17H12ClFOS/c18-17(12-2-4-14-10(7-12)5-6-20-14)16-8-11-1-3-13(19)9-15(11)21-16/h1-4,7-9,17H,5-6H2. The van der Waals surface area contributed by atoms with Gasteiger partial charge in [0.2, 0.25) is 0 Å². The van der Waals surface area contributed by atoms with E-state index in [1.807, 2.05) is 18.2 Å². The number of benzene rings is 2. The van der Waals surface area contributed by atoms with Crippen molar-refractivity contribution in [1.29, 1.82) is 0 Å². The van der Waals surface area contributed by atoms with Gasteiger partial charge in [-0.25, -0.2) is 4.39 Å². The van der Waals surface area contributed by atoms with Crippen LogP contribution in [0.1, 0.15) is 21.4 Å². The topological polar surface area (TPSA) is 9.23 Å². The van der Waals surface area contributed by atoms with Gasteiger partial charge in [0.25, 0.3) is 0 Å². The zero-order valence-electron chi connectivity index (χ0n) is 11.1. The van der Waals surface area contributed by atoms with Crippen LogP contribution in [-0.2, 0) is 6.42 Å². The van der Waals surface area contributed by atoms with E-state index in [2.05, 4.69) is 6.07 Å². The van der Waals surface area contributed by atoms with Gasteiger partial charge in [0, 0.05) is 16.0 Å². The van der Waals surface area contributed by atoms with Gasteiger partial charge in [-0.05, 0) is 40.8 Å². The van der Waals surface area contributed by atoms with Gasteiger partial charge in [-0.15, -0.1) is 22.9 Å². The summed E-state index contributed by atoms with van der Waals surface area (Å²) in [6.07, 6.45) is 0.935. The third-order valence-electron chi connectivity index (χ3n) is 3.76. The molecule has 0 saturated carbocycles. The van der Waals surface area contributed by atoms with E-state index in [1.54, 1.807) is 23.5 Å². The summed E-state index contributed by atoms with van der Waals surface area (Å²) >= 11 is 8.16. The molecule has 0 radical (unpaired) electrons. The monoisotopic (exact) mass is 318 g/mol. The molecule has 2 aromatic carbocycles. The minimum Gasteiger partial charge on any atom is -0.493 e. The summed E-state index contributed by atoms with van der Waals surface area (Å²) < 4.78 is 19.7. The molecule has 4 heteroatoms. The Morgan fingerprint density at radius 2 is 2.05 bits per heavy atom. The van der Waals surface area contributed by atoms with Crippen molar-refractivity contribution in [2.75, 3.05) is 6.61 Å². The first-order valence-corrected chi connectivity index (χ1v) is 8.05. The predicted octanol–water partition coefficient (Wildman–Crippen LogP) is 5.30. The fourth-order valence-electron chi connectivity index (χ4n) is 2.68. The lowest BCUT2D eigenvalue weighted by atomic mass is 10.0. The number of alkyl halides is 1. The molecule has 1 unspecified atom stereocenters. The van der Waals surface area contributed by atoms with Crippen molar-refractivity contribution in [3.63, 3.8) is 0 Å². The second-order valence-electron chi connectivity index (χ2n) is 5.16. The summed E-state index contributed by atoms with van der Waals surface area (Å²) in [6, 6.07) is 13.0. The number of hydrogen-bond donors (Lipinski definition) is 0. The van der Waals surface area contributed by atoms with Crippen LogP contribution in [0, 0.1) is 5.82 Å². The molecule has 1 aliphatic rings. The maximum absolute atomic E-state index is 13.3. The Morgan fingerprint density at radius 3 is 2.95 bits per heavy atom. The average Bonchev–Trinajstić information content (AvgIpc) is 3.11. The molecule has 0 saturated heterocycles. The molecule has 0 bridgehead atoms. The first kappa shape index (κ1) is 13.1. The molecule has 0 spiro atoms. The summed E-state index contributed by atoms with van der Waals surface area (Å²) in [5.74, 6) is 0.748. The molecule has 21 heavy (non-hydrogen) atoms. The molecule has 106 valence electrons. The highest BCUT2D eigenvalue weighted by atomic mass is 35.5. The van der Waals surface area contributed by atoms with Gasteiger partial charge < -0.3 is 4.74 Å². The Morgan fingerprint density at radius 1 is 1.14 bits per heavy atom. The number of fused-ring (bicyclic) bond motifs is 2. The van der Waals surface area contributed by atoms with Crippen LogP contribution in [0.3, 0.4) is 0 Å². The molecule has 0 N–H and O–H groups in total. The Bertz CT molecular complexity index is 827. The van der Waals surface area contributed by atoms with Gasteiger partial charge in [-0.3, -0.25) is 0 Å². The third kappa shape index (κ3) is 2.30. The van der Waals surface area contributed by atoms with E-state index in [9.17, 15) is 4.39 Å². The molecule has 3 aromatic rings. The van der Waals surface area contributed by atoms with E-state index in [-0.39, 0.29) is 11.2 Å². The van der Waals surface area contributed by atoms with E-state index in [0.29, 0.717) is 0 Å². The molecule has 1 nitrogen and oxygen atoms in total. The first-order chi connectivity index (χ1) is 10.2. The van der Waals surface area contributed by atoms with Gasteiger partial charge in [0.15, 0.2) is 0 Å². The minimum absolute atomic E-state index is 0.211. The fourth-order valence-corrected chi connectivity index (χ4v) is 4.11. The highest BCUT2D eigenvalue weighted by molar-refractivity contribution is 7.19. The van der Waals surface area contributed by atoms with Gasteiger partial charge >= 0.3 is 0 Å². The van der Waals surface area contributed by atoms with Crippen molar-refractivity contribution in [2.24, 2.45) is 0 Å². The minimum atomic E-state index is -0.212. The fraction of sp³-hybridized carbons (Fsp3) is 0.176. The van der Waals surface area contributed by atoms with Crippen molar-refractivity contribution in [3.8, 4) is 5.75 Å². The van der Waals surface area contributed by atoms with Crippen LogP contribution < -0.4 is 4.74 Å². The predicted molar refractivity (Wildman–Crippen MR) is 85.1 cm³/mol. The molecule has 4 rings (SSSR count). The molecular weight excluding hydrogens is 307 g/mol. The van der Waals surface area contributed by atoms with Crippen LogP contribution in [0.2, 0.25) is 0 Å². The molecule has 1 atom stereocenters. The summed E-state index contributed by atoms with van der Waals surface area (Å²) in [5, 5.41) is 0.822. The van der Waals surface area contributed by atoms with Crippen molar-refractivity contribution in [2.45, 2.75) is 11.8 Å². The van der Waals surface area contributed by atoms with Crippen LogP contribution in [-0.4, -0.2) is 6.61 Å². The number of halogens is 2. The molecule has 2 heterocycles. The highest BCUT2D eigenvalue weighted by Gasteiger charge is 2.18. The van der Waals surface area contributed by atoms with E-state index in [0.717, 1.165) is 39.3 Å². The lowest BCUT2D eigenvalue weighted by Gasteiger charge is -2.09. The molecular formula is C17H12ClFOS. The Kier molecular flexibility index (Phi) is 3.12. The average molecular weight is 319 g/mol. The second-order valence-corrected chi connectivity index (χ2v) is 6.71. The number of ether oxygens (including phenoxy) is 1. The first-order valence-electron chi connectivity index (χ1n) is 6.79. The van der Waals surface area contributed by atoms with Gasteiger partial charge in [-0.2, -0.15) is 0 Å². The van der Waals surface area contributed by atoms with E-state index in [1.165, 1.54) is 11.6 Å². The van der Waals surface area contributed by atoms with Crippen LogP contribution in [0.15, 0.2) is 42.5 Å². The van der Waals surface area contributed by atoms with Crippen molar-refractivity contribution >= 4 is 33.0 Å². The Balaban J connectivity index is 1.73. The SMILES string of the molecule is Fc1ccc2cc(C(Cl)c3ccc4c(c3)CCO4)sc2c1. The second kappa shape index (κ2) is 5.00.